The summed E-state index contributed by atoms with van der Waals surface area (Å²) in [5.74, 6) is 0. The molecule has 2 N–H and O–H groups in total. The van der Waals surface area contributed by atoms with E-state index in [1.165, 1.54) is 0 Å². The second kappa shape index (κ2) is 4.18. The van der Waals surface area contributed by atoms with Crippen molar-refractivity contribution >= 4 is 0 Å². The summed E-state index contributed by atoms with van der Waals surface area (Å²) in [7, 11) is 1.63. The standard InChI is InChI=1S/C9H14N2O/c1-7-3-4-9(11-5-7)8(10)6-12-2/h3-5,8H,6,10H2,1-2H3/t8-/m1/s1. The van der Waals surface area contributed by atoms with Crippen LogP contribution in [0.1, 0.15) is 17.3 Å². The lowest BCUT2D eigenvalue weighted by atomic mass is 10.2. The Labute approximate surface area is 72.6 Å². The Balaban J connectivity index is 2.68. The Hall–Kier alpha value is -0.930. The lowest BCUT2D eigenvalue weighted by molar-refractivity contribution is 0.179. The van der Waals surface area contributed by atoms with E-state index < -0.39 is 0 Å². The summed E-state index contributed by atoms with van der Waals surface area (Å²) in [5.41, 5.74) is 7.79. The number of nitrogens with zero attached hydrogens (tertiary/aromatic N) is 1. The Kier molecular flexibility index (Phi) is 3.19. The van der Waals surface area contributed by atoms with Gasteiger partial charge in [0.15, 0.2) is 0 Å². The van der Waals surface area contributed by atoms with E-state index in [2.05, 4.69) is 4.98 Å². The summed E-state index contributed by atoms with van der Waals surface area (Å²) in [6.07, 6.45) is 1.81. The van der Waals surface area contributed by atoms with Gasteiger partial charge in [-0.2, -0.15) is 0 Å². The Bertz CT molecular complexity index is 233. The first-order valence-corrected chi connectivity index (χ1v) is 3.91. The lowest BCUT2D eigenvalue weighted by Crippen LogP contribution is -2.17. The molecule has 0 spiro atoms. The maximum absolute atomic E-state index is 5.77. The third-order valence-electron chi connectivity index (χ3n) is 1.66. The van der Waals surface area contributed by atoms with Gasteiger partial charge < -0.3 is 10.5 Å². The molecular formula is C9H14N2O. The van der Waals surface area contributed by atoms with Gasteiger partial charge in [0.2, 0.25) is 0 Å². The first kappa shape index (κ1) is 9.16. The third-order valence-corrected chi connectivity index (χ3v) is 1.66. The first-order chi connectivity index (χ1) is 5.74. The smallest absolute Gasteiger partial charge is 0.0707 e. The second-order valence-corrected chi connectivity index (χ2v) is 2.82. The molecule has 0 saturated carbocycles. The molecule has 1 aromatic heterocycles. The fraction of sp³-hybridized carbons (Fsp3) is 0.444. The fourth-order valence-corrected chi connectivity index (χ4v) is 0.964. The van der Waals surface area contributed by atoms with Crippen LogP contribution in [0.25, 0.3) is 0 Å². The SMILES string of the molecule is COC[C@@H](N)c1ccc(C)cn1. The van der Waals surface area contributed by atoms with Crippen LogP contribution in [0.15, 0.2) is 18.3 Å². The Morgan fingerprint density at radius 3 is 2.83 bits per heavy atom. The van der Waals surface area contributed by atoms with Crippen LogP contribution in [0.2, 0.25) is 0 Å². The second-order valence-electron chi connectivity index (χ2n) is 2.82. The van der Waals surface area contributed by atoms with Gasteiger partial charge in [-0.3, -0.25) is 4.98 Å². The van der Waals surface area contributed by atoms with Crippen LogP contribution in [0, 0.1) is 6.92 Å². The number of aryl methyl sites for hydroxylation is 1. The number of aromatic nitrogens is 1. The molecule has 0 aliphatic rings. The van der Waals surface area contributed by atoms with Gasteiger partial charge in [-0.1, -0.05) is 6.07 Å². The van der Waals surface area contributed by atoms with E-state index in [4.69, 9.17) is 10.5 Å². The molecule has 0 aliphatic heterocycles. The van der Waals surface area contributed by atoms with Crippen LogP contribution in [-0.4, -0.2) is 18.7 Å². The average molecular weight is 166 g/mol. The minimum atomic E-state index is -0.115. The minimum Gasteiger partial charge on any atom is -0.383 e. The van der Waals surface area contributed by atoms with Crippen molar-refractivity contribution in [3.8, 4) is 0 Å². The summed E-state index contributed by atoms with van der Waals surface area (Å²) in [6.45, 7) is 2.51. The van der Waals surface area contributed by atoms with E-state index in [1.54, 1.807) is 7.11 Å². The molecule has 0 fully saturated rings. The Morgan fingerprint density at radius 1 is 1.58 bits per heavy atom. The van der Waals surface area contributed by atoms with Crippen molar-refractivity contribution in [1.82, 2.24) is 4.98 Å². The highest BCUT2D eigenvalue weighted by atomic mass is 16.5. The number of hydrogen-bond donors (Lipinski definition) is 1. The number of rotatable bonds is 3. The van der Waals surface area contributed by atoms with Crippen LogP contribution >= 0.6 is 0 Å². The molecule has 12 heavy (non-hydrogen) atoms. The molecule has 1 aromatic rings. The molecule has 1 heterocycles. The molecule has 3 heteroatoms. The number of hydrogen-bond acceptors (Lipinski definition) is 3. The lowest BCUT2D eigenvalue weighted by Gasteiger charge is -2.09. The predicted molar refractivity (Wildman–Crippen MR) is 47.8 cm³/mol. The predicted octanol–water partition coefficient (Wildman–Crippen LogP) is 1.04. The van der Waals surface area contributed by atoms with Gasteiger partial charge in [0.05, 0.1) is 18.3 Å². The van der Waals surface area contributed by atoms with Crippen LogP contribution < -0.4 is 5.73 Å². The van der Waals surface area contributed by atoms with Gasteiger partial charge >= 0.3 is 0 Å². The van der Waals surface area contributed by atoms with E-state index >= 15 is 0 Å². The molecule has 66 valence electrons. The molecule has 0 unspecified atom stereocenters. The molecule has 0 aromatic carbocycles. The van der Waals surface area contributed by atoms with Crippen molar-refractivity contribution in [2.24, 2.45) is 5.73 Å². The highest BCUT2D eigenvalue weighted by Gasteiger charge is 2.05. The monoisotopic (exact) mass is 166 g/mol. The van der Waals surface area contributed by atoms with Gasteiger partial charge in [0.25, 0.3) is 0 Å². The van der Waals surface area contributed by atoms with Crippen molar-refractivity contribution < 1.29 is 4.74 Å². The normalized spacial score (nSPS) is 12.9. The summed E-state index contributed by atoms with van der Waals surface area (Å²) >= 11 is 0. The molecule has 0 radical (unpaired) electrons. The van der Waals surface area contributed by atoms with Crippen molar-refractivity contribution in [1.29, 1.82) is 0 Å². The molecule has 1 rings (SSSR count). The molecule has 0 bridgehead atoms. The van der Waals surface area contributed by atoms with Gasteiger partial charge in [-0.15, -0.1) is 0 Å². The quantitative estimate of drug-likeness (QED) is 0.729. The molecule has 0 amide bonds. The number of ether oxygens (including phenoxy) is 1. The van der Waals surface area contributed by atoms with E-state index in [9.17, 15) is 0 Å². The van der Waals surface area contributed by atoms with E-state index in [1.807, 2.05) is 25.3 Å². The highest BCUT2D eigenvalue weighted by Crippen LogP contribution is 2.07. The maximum Gasteiger partial charge on any atom is 0.0707 e. The summed E-state index contributed by atoms with van der Waals surface area (Å²) in [4.78, 5) is 4.19. The molecule has 1 atom stereocenters. The average Bonchev–Trinajstić information content (AvgIpc) is 2.06. The van der Waals surface area contributed by atoms with E-state index in [-0.39, 0.29) is 6.04 Å². The van der Waals surface area contributed by atoms with E-state index in [0.717, 1.165) is 11.3 Å². The highest BCUT2D eigenvalue weighted by molar-refractivity contribution is 5.14. The zero-order chi connectivity index (χ0) is 8.97. The molecular weight excluding hydrogens is 152 g/mol. The third kappa shape index (κ3) is 2.29. The molecule has 0 saturated heterocycles. The number of pyridine rings is 1. The number of methoxy groups -OCH3 is 1. The van der Waals surface area contributed by atoms with E-state index in [0.29, 0.717) is 6.61 Å². The van der Waals surface area contributed by atoms with Crippen molar-refractivity contribution in [3.05, 3.63) is 29.6 Å². The molecule has 0 aliphatic carbocycles. The minimum absolute atomic E-state index is 0.115. The van der Waals surface area contributed by atoms with Gasteiger partial charge in [-0.25, -0.2) is 0 Å². The Morgan fingerprint density at radius 2 is 2.33 bits per heavy atom. The topological polar surface area (TPSA) is 48.1 Å². The van der Waals surface area contributed by atoms with Gasteiger partial charge in [-0.05, 0) is 18.6 Å². The van der Waals surface area contributed by atoms with Crippen molar-refractivity contribution in [2.45, 2.75) is 13.0 Å². The largest absolute Gasteiger partial charge is 0.383 e. The molecule has 3 nitrogen and oxygen atoms in total. The van der Waals surface area contributed by atoms with Crippen LogP contribution in [0.3, 0.4) is 0 Å². The zero-order valence-corrected chi connectivity index (χ0v) is 7.45. The zero-order valence-electron chi connectivity index (χ0n) is 7.45. The first-order valence-electron chi connectivity index (χ1n) is 3.91. The fourth-order valence-electron chi connectivity index (χ4n) is 0.964. The van der Waals surface area contributed by atoms with Crippen molar-refractivity contribution in [2.75, 3.05) is 13.7 Å². The summed E-state index contributed by atoms with van der Waals surface area (Å²) in [6, 6.07) is 3.81. The van der Waals surface area contributed by atoms with Crippen LogP contribution in [0.4, 0.5) is 0 Å². The summed E-state index contributed by atoms with van der Waals surface area (Å²) < 4.78 is 4.92. The van der Waals surface area contributed by atoms with Gasteiger partial charge in [0, 0.05) is 13.3 Å². The summed E-state index contributed by atoms with van der Waals surface area (Å²) in [5, 5.41) is 0. The van der Waals surface area contributed by atoms with Crippen LogP contribution in [-0.2, 0) is 4.74 Å². The van der Waals surface area contributed by atoms with Gasteiger partial charge in [0.1, 0.15) is 0 Å². The van der Waals surface area contributed by atoms with Crippen molar-refractivity contribution in [3.63, 3.8) is 0 Å². The van der Waals surface area contributed by atoms with Crippen LogP contribution in [0.5, 0.6) is 0 Å². The maximum atomic E-state index is 5.77. The number of nitrogens with two attached hydrogens (primary N) is 1.